The van der Waals surface area contributed by atoms with Gasteiger partial charge in [0.25, 0.3) is 0 Å². The van der Waals surface area contributed by atoms with Gasteiger partial charge >= 0.3 is 0 Å². The van der Waals surface area contributed by atoms with E-state index in [4.69, 9.17) is 5.11 Å². The molecule has 1 aromatic rings. The van der Waals surface area contributed by atoms with Crippen LogP contribution in [0.3, 0.4) is 0 Å². The number of aliphatic hydroxyl groups excluding tert-OH is 1. The SMILES string of the molecule is CC(C)C(CO)C(=O)c1cc(F)ccc1F. The predicted octanol–water partition coefficient (Wildman–Crippen LogP) is 2.41. The highest BCUT2D eigenvalue weighted by Gasteiger charge is 2.25. The molecule has 0 amide bonds. The van der Waals surface area contributed by atoms with Gasteiger partial charge in [-0.3, -0.25) is 4.79 Å². The van der Waals surface area contributed by atoms with Crippen LogP contribution < -0.4 is 0 Å². The van der Waals surface area contributed by atoms with E-state index in [-0.39, 0.29) is 18.1 Å². The van der Waals surface area contributed by atoms with Crippen LogP contribution in [0, 0.1) is 23.5 Å². The van der Waals surface area contributed by atoms with Gasteiger partial charge in [-0.25, -0.2) is 8.78 Å². The second-order valence-corrected chi connectivity index (χ2v) is 4.02. The number of rotatable bonds is 4. The molecule has 0 bridgehead atoms. The predicted molar refractivity (Wildman–Crippen MR) is 56.1 cm³/mol. The van der Waals surface area contributed by atoms with Crippen molar-refractivity contribution in [3.8, 4) is 0 Å². The zero-order valence-electron chi connectivity index (χ0n) is 9.21. The quantitative estimate of drug-likeness (QED) is 0.803. The van der Waals surface area contributed by atoms with Crippen molar-refractivity contribution in [1.29, 1.82) is 0 Å². The summed E-state index contributed by atoms with van der Waals surface area (Å²) >= 11 is 0. The molecule has 0 aliphatic heterocycles. The molecule has 1 N–H and O–H groups in total. The Morgan fingerprint density at radius 3 is 2.50 bits per heavy atom. The van der Waals surface area contributed by atoms with E-state index in [1.54, 1.807) is 13.8 Å². The van der Waals surface area contributed by atoms with Gasteiger partial charge < -0.3 is 5.11 Å². The van der Waals surface area contributed by atoms with E-state index in [9.17, 15) is 13.6 Å². The van der Waals surface area contributed by atoms with E-state index >= 15 is 0 Å². The Morgan fingerprint density at radius 1 is 1.38 bits per heavy atom. The van der Waals surface area contributed by atoms with Crippen LogP contribution in [-0.2, 0) is 0 Å². The van der Waals surface area contributed by atoms with E-state index in [0.717, 1.165) is 18.2 Å². The van der Waals surface area contributed by atoms with Gasteiger partial charge in [0.05, 0.1) is 12.2 Å². The maximum atomic E-state index is 13.3. The number of benzene rings is 1. The van der Waals surface area contributed by atoms with E-state index < -0.39 is 23.3 Å². The number of carbonyl (C=O) groups excluding carboxylic acids is 1. The maximum Gasteiger partial charge on any atom is 0.171 e. The molecule has 2 nitrogen and oxygen atoms in total. The topological polar surface area (TPSA) is 37.3 Å². The van der Waals surface area contributed by atoms with Gasteiger partial charge in [-0.15, -0.1) is 0 Å². The number of hydrogen-bond acceptors (Lipinski definition) is 2. The first kappa shape index (κ1) is 12.8. The maximum absolute atomic E-state index is 13.3. The number of hydrogen-bond donors (Lipinski definition) is 1. The number of carbonyl (C=O) groups is 1. The van der Waals surface area contributed by atoms with Crippen LogP contribution in [0.2, 0.25) is 0 Å². The first-order valence-corrected chi connectivity index (χ1v) is 5.07. The summed E-state index contributed by atoms with van der Waals surface area (Å²) in [5.41, 5.74) is -0.298. The highest BCUT2D eigenvalue weighted by Crippen LogP contribution is 2.19. The van der Waals surface area contributed by atoms with E-state index in [0.29, 0.717) is 0 Å². The third-order valence-corrected chi connectivity index (χ3v) is 2.53. The Morgan fingerprint density at radius 2 is 2.00 bits per heavy atom. The Balaban J connectivity index is 3.08. The Bertz CT molecular complexity index is 389. The molecule has 0 saturated carbocycles. The number of ketones is 1. The van der Waals surface area contributed by atoms with Crippen molar-refractivity contribution >= 4 is 5.78 Å². The number of aliphatic hydroxyl groups is 1. The van der Waals surface area contributed by atoms with E-state index in [2.05, 4.69) is 0 Å². The van der Waals surface area contributed by atoms with Crippen molar-refractivity contribution in [2.45, 2.75) is 13.8 Å². The van der Waals surface area contributed by atoms with Gasteiger partial charge in [0, 0.05) is 5.92 Å². The lowest BCUT2D eigenvalue weighted by molar-refractivity contribution is 0.0802. The summed E-state index contributed by atoms with van der Waals surface area (Å²) in [4.78, 5) is 11.8. The lowest BCUT2D eigenvalue weighted by Gasteiger charge is -2.17. The summed E-state index contributed by atoms with van der Waals surface area (Å²) in [6.45, 7) is 3.12. The van der Waals surface area contributed by atoms with Crippen molar-refractivity contribution in [1.82, 2.24) is 0 Å². The second-order valence-electron chi connectivity index (χ2n) is 4.02. The van der Waals surface area contributed by atoms with Crippen LogP contribution in [-0.4, -0.2) is 17.5 Å². The molecule has 0 radical (unpaired) electrons. The molecule has 4 heteroatoms. The van der Waals surface area contributed by atoms with E-state index in [1.807, 2.05) is 0 Å². The smallest absolute Gasteiger partial charge is 0.171 e. The minimum Gasteiger partial charge on any atom is -0.396 e. The highest BCUT2D eigenvalue weighted by atomic mass is 19.1. The van der Waals surface area contributed by atoms with Crippen LogP contribution in [0.5, 0.6) is 0 Å². The second kappa shape index (κ2) is 5.16. The lowest BCUT2D eigenvalue weighted by atomic mass is 9.88. The molecule has 0 aromatic heterocycles. The molecule has 0 aliphatic carbocycles. The molecule has 16 heavy (non-hydrogen) atoms. The van der Waals surface area contributed by atoms with Gasteiger partial charge in [-0.05, 0) is 24.1 Å². The largest absolute Gasteiger partial charge is 0.396 e. The van der Waals surface area contributed by atoms with Gasteiger partial charge in [-0.2, -0.15) is 0 Å². The molecule has 1 rings (SSSR count). The number of halogens is 2. The summed E-state index contributed by atoms with van der Waals surface area (Å²) in [5.74, 6) is -2.80. The highest BCUT2D eigenvalue weighted by molar-refractivity contribution is 5.98. The van der Waals surface area contributed by atoms with Crippen LogP contribution >= 0.6 is 0 Å². The summed E-state index contributed by atoms with van der Waals surface area (Å²) in [6.07, 6.45) is 0. The minimum absolute atomic E-state index is 0.125. The van der Waals surface area contributed by atoms with Crippen LogP contribution in [0.4, 0.5) is 8.78 Å². The average Bonchev–Trinajstić information content (AvgIpc) is 2.22. The molecule has 0 aliphatic rings. The van der Waals surface area contributed by atoms with Crippen molar-refractivity contribution in [3.05, 3.63) is 35.4 Å². The van der Waals surface area contributed by atoms with Gasteiger partial charge in [0.2, 0.25) is 0 Å². The Labute approximate surface area is 92.9 Å². The molecule has 0 spiro atoms. The molecule has 88 valence electrons. The minimum atomic E-state index is -0.759. The van der Waals surface area contributed by atoms with Crippen molar-refractivity contribution in [3.63, 3.8) is 0 Å². The fraction of sp³-hybridized carbons (Fsp3) is 0.417. The monoisotopic (exact) mass is 228 g/mol. The first-order valence-electron chi connectivity index (χ1n) is 5.07. The fourth-order valence-electron chi connectivity index (χ4n) is 1.48. The zero-order valence-corrected chi connectivity index (χ0v) is 9.21. The van der Waals surface area contributed by atoms with Crippen molar-refractivity contribution in [2.75, 3.05) is 6.61 Å². The lowest BCUT2D eigenvalue weighted by Crippen LogP contribution is -2.25. The first-order chi connectivity index (χ1) is 7.47. The third kappa shape index (κ3) is 2.64. The Kier molecular flexibility index (Phi) is 4.12. The van der Waals surface area contributed by atoms with Crippen molar-refractivity contribution in [2.24, 2.45) is 11.8 Å². The van der Waals surface area contributed by atoms with Gasteiger partial charge in [0.1, 0.15) is 11.6 Å². The normalized spacial score (nSPS) is 12.9. The molecule has 1 aromatic carbocycles. The molecule has 0 saturated heterocycles. The van der Waals surface area contributed by atoms with Crippen LogP contribution in [0.15, 0.2) is 18.2 Å². The van der Waals surface area contributed by atoms with E-state index in [1.165, 1.54) is 0 Å². The third-order valence-electron chi connectivity index (χ3n) is 2.53. The summed E-state index contributed by atoms with van der Waals surface area (Å²) < 4.78 is 26.2. The Hall–Kier alpha value is -1.29. The molecule has 0 fully saturated rings. The standard InChI is InChI=1S/C12H14F2O2/c1-7(2)10(6-15)12(16)9-5-8(13)3-4-11(9)14/h3-5,7,10,15H,6H2,1-2H3. The molecule has 0 heterocycles. The summed E-state index contributed by atoms with van der Waals surface area (Å²) in [6, 6.07) is 2.73. The summed E-state index contributed by atoms with van der Waals surface area (Å²) in [5, 5.41) is 9.05. The molecule has 1 unspecified atom stereocenters. The molecule has 1 atom stereocenters. The molecular weight excluding hydrogens is 214 g/mol. The number of Topliss-reactive ketones (excluding diaryl/α,β-unsaturated/α-hetero) is 1. The van der Waals surface area contributed by atoms with Crippen LogP contribution in [0.25, 0.3) is 0 Å². The zero-order chi connectivity index (χ0) is 12.3. The van der Waals surface area contributed by atoms with Crippen LogP contribution in [0.1, 0.15) is 24.2 Å². The molecular formula is C12H14F2O2. The fourth-order valence-corrected chi connectivity index (χ4v) is 1.48. The average molecular weight is 228 g/mol. The van der Waals surface area contributed by atoms with Gasteiger partial charge in [-0.1, -0.05) is 13.8 Å². The summed E-state index contributed by atoms with van der Waals surface area (Å²) in [7, 11) is 0. The van der Waals surface area contributed by atoms with Gasteiger partial charge in [0.15, 0.2) is 5.78 Å². The van der Waals surface area contributed by atoms with Crippen molar-refractivity contribution < 1.29 is 18.7 Å².